The zero-order chi connectivity index (χ0) is 13.2. The van der Waals surface area contributed by atoms with Gasteiger partial charge in [0.05, 0.1) is 31.0 Å². The zero-order valence-electron chi connectivity index (χ0n) is 11.6. The lowest BCUT2D eigenvalue weighted by molar-refractivity contribution is -0.207. The molecule has 0 aromatic rings. The van der Waals surface area contributed by atoms with E-state index in [1.807, 2.05) is 0 Å². The van der Waals surface area contributed by atoms with Crippen LogP contribution in [0.5, 0.6) is 0 Å². The maximum Gasteiger partial charge on any atom is 0.126 e. The summed E-state index contributed by atoms with van der Waals surface area (Å²) < 4.78 is 18.1. The molecule has 0 aromatic heterocycles. The molecule has 1 N–H and O–H groups in total. The SMILES string of the molecule is CC1=C[C@@H]2O[C@H]3C[C@@H](O)[C@](C)(C34CO4)[C@]2(C)[C@H]2O[C@@H]12. The molecule has 2 bridgehead atoms. The van der Waals surface area contributed by atoms with Crippen LogP contribution in [-0.2, 0) is 14.2 Å². The zero-order valence-corrected chi connectivity index (χ0v) is 11.6. The Labute approximate surface area is 112 Å². The van der Waals surface area contributed by atoms with Gasteiger partial charge in [0, 0.05) is 17.3 Å². The van der Waals surface area contributed by atoms with Crippen LogP contribution in [0.4, 0.5) is 0 Å². The van der Waals surface area contributed by atoms with Crippen LogP contribution in [0.2, 0.25) is 0 Å². The maximum atomic E-state index is 10.7. The fraction of sp³-hybridized carbons (Fsp3) is 0.867. The largest absolute Gasteiger partial charge is 0.392 e. The minimum absolute atomic E-state index is 0.0323. The molecule has 4 heteroatoms. The fourth-order valence-corrected chi connectivity index (χ4v) is 5.32. The highest BCUT2D eigenvalue weighted by Crippen LogP contribution is 2.73. The molecular weight excluding hydrogens is 244 g/mol. The van der Waals surface area contributed by atoms with E-state index in [9.17, 15) is 5.11 Å². The summed E-state index contributed by atoms with van der Waals surface area (Å²) in [5.41, 5.74) is 0.537. The first-order valence-corrected chi connectivity index (χ1v) is 7.26. The molecule has 2 aliphatic carbocycles. The Bertz CT molecular complexity index is 510. The first-order chi connectivity index (χ1) is 8.95. The summed E-state index contributed by atoms with van der Waals surface area (Å²) in [7, 11) is 0. The van der Waals surface area contributed by atoms with E-state index in [0.717, 1.165) is 0 Å². The van der Waals surface area contributed by atoms with Crippen molar-refractivity contribution in [2.45, 2.75) is 63.3 Å². The standard InChI is InChI=1S/C15H20O4/c1-7-4-9-13(2,12-11(7)19-12)14(3)8(16)5-10(18-9)15(14)6-17-15/h4,8-12,16H,5-6H2,1-3H3/t8-,9+,10+,11+,12+,13+,14+,15?/m1/s1. The predicted molar refractivity (Wildman–Crippen MR) is 66.6 cm³/mol. The number of hydrogen-bond donors (Lipinski definition) is 1. The van der Waals surface area contributed by atoms with E-state index < -0.39 is 0 Å². The van der Waals surface area contributed by atoms with Crippen LogP contribution in [0.15, 0.2) is 11.6 Å². The number of rotatable bonds is 0. The summed E-state index contributed by atoms with van der Waals surface area (Å²) in [6.45, 7) is 7.24. The van der Waals surface area contributed by atoms with Crippen molar-refractivity contribution in [3.8, 4) is 0 Å². The van der Waals surface area contributed by atoms with Gasteiger partial charge in [-0.15, -0.1) is 0 Å². The van der Waals surface area contributed by atoms with E-state index in [4.69, 9.17) is 14.2 Å². The highest BCUT2D eigenvalue weighted by atomic mass is 16.6. The second-order valence-electron chi connectivity index (χ2n) is 7.35. The number of hydrogen-bond acceptors (Lipinski definition) is 4. The Morgan fingerprint density at radius 1 is 1.32 bits per heavy atom. The van der Waals surface area contributed by atoms with Crippen molar-refractivity contribution in [3.05, 3.63) is 11.6 Å². The van der Waals surface area contributed by atoms with Gasteiger partial charge < -0.3 is 19.3 Å². The Hall–Kier alpha value is -0.420. The van der Waals surface area contributed by atoms with E-state index in [2.05, 4.69) is 26.8 Å². The summed E-state index contributed by atoms with van der Waals surface area (Å²) in [4.78, 5) is 0. The summed E-state index contributed by atoms with van der Waals surface area (Å²) in [6.07, 6.45) is 3.00. The van der Waals surface area contributed by atoms with Crippen molar-refractivity contribution < 1.29 is 19.3 Å². The van der Waals surface area contributed by atoms with E-state index in [1.165, 1.54) is 5.57 Å². The van der Waals surface area contributed by atoms with Crippen LogP contribution >= 0.6 is 0 Å². The monoisotopic (exact) mass is 264 g/mol. The van der Waals surface area contributed by atoms with Crippen molar-refractivity contribution >= 4 is 0 Å². The topological polar surface area (TPSA) is 54.5 Å². The molecule has 19 heavy (non-hydrogen) atoms. The number of fused-ring (bicyclic) bond motifs is 4. The molecule has 3 saturated heterocycles. The van der Waals surface area contributed by atoms with Crippen molar-refractivity contribution in [3.63, 3.8) is 0 Å². The summed E-state index contributed by atoms with van der Waals surface area (Å²) in [5, 5.41) is 10.7. The van der Waals surface area contributed by atoms with Gasteiger partial charge in [-0.1, -0.05) is 19.9 Å². The number of aliphatic hydroxyl groups is 1. The van der Waals surface area contributed by atoms with Gasteiger partial charge >= 0.3 is 0 Å². The third kappa shape index (κ3) is 0.907. The molecular formula is C15H20O4. The predicted octanol–water partition coefficient (Wildman–Crippen LogP) is 1.03. The summed E-state index contributed by atoms with van der Waals surface area (Å²) in [6, 6.07) is 0. The second kappa shape index (κ2) is 2.80. The van der Waals surface area contributed by atoms with Gasteiger partial charge in [-0.3, -0.25) is 0 Å². The van der Waals surface area contributed by atoms with E-state index in [-0.39, 0.29) is 47.0 Å². The van der Waals surface area contributed by atoms with Crippen LogP contribution in [0, 0.1) is 10.8 Å². The number of aliphatic hydroxyl groups excluding tert-OH is 1. The highest BCUT2D eigenvalue weighted by Gasteiger charge is 2.84. The smallest absolute Gasteiger partial charge is 0.126 e. The molecule has 1 unspecified atom stereocenters. The fourth-order valence-electron chi connectivity index (χ4n) is 5.32. The molecule has 5 aliphatic rings. The lowest BCUT2D eigenvalue weighted by Crippen LogP contribution is -2.66. The van der Waals surface area contributed by atoms with Crippen molar-refractivity contribution in [2.75, 3.05) is 6.61 Å². The van der Waals surface area contributed by atoms with Crippen LogP contribution in [0.3, 0.4) is 0 Å². The molecule has 3 aliphatic heterocycles. The van der Waals surface area contributed by atoms with Crippen LogP contribution in [0.1, 0.15) is 27.2 Å². The molecule has 0 aromatic carbocycles. The first kappa shape index (κ1) is 11.3. The Kier molecular flexibility index (Phi) is 1.66. The van der Waals surface area contributed by atoms with Crippen LogP contribution < -0.4 is 0 Å². The molecule has 1 spiro atoms. The molecule has 104 valence electrons. The second-order valence-corrected chi connectivity index (χ2v) is 7.35. The third-order valence-electron chi connectivity index (χ3n) is 6.92. The molecule has 3 heterocycles. The summed E-state index contributed by atoms with van der Waals surface area (Å²) >= 11 is 0. The number of epoxide rings is 2. The Morgan fingerprint density at radius 2 is 2.05 bits per heavy atom. The van der Waals surface area contributed by atoms with Crippen molar-refractivity contribution in [2.24, 2.45) is 10.8 Å². The molecule has 4 nitrogen and oxygen atoms in total. The maximum absolute atomic E-state index is 10.7. The van der Waals surface area contributed by atoms with Gasteiger partial charge in [0.2, 0.25) is 0 Å². The molecule has 1 saturated carbocycles. The van der Waals surface area contributed by atoms with Crippen LogP contribution in [0.25, 0.3) is 0 Å². The molecule has 8 atom stereocenters. The minimum Gasteiger partial charge on any atom is -0.392 e. The minimum atomic E-state index is -0.369. The lowest BCUT2D eigenvalue weighted by atomic mass is 9.52. The van der Waals surface area contributed by atoms with Gasteiger partial charge in [-0.05, 0) is 12.5 Å². The van der Waals surface area contributed by atoms with Gasteiger partial charge in [0.25, 0.3) is 0 Å². The third-order valence-corrected chi connectivity index (χ3v) is 6.92. The first-order valence-electron chi connectivity index (χ1n) is 7.26. The highest BCUT2D eigenvalue weighted by molar-refractivity contribution is 5.38. The van der Waals surface area contributed by atoms with E-state index in [1.54, 1.807) is 0 Å². The molecule has 0 amide bonds. The van der Waals surface area contributed by atoms with Crippen molar-refractivity contribution in [1.29, 1.82) is 0 Å². The average molecular weight is 264 g/mol. The molecule has 4 fully saturated rings. The van der Waals surface area contributed by atoms with Gasteiger partial charge in [0.15, 0.2) is 0 Å². The Balaban J connectivity index is 1.73. The molecule has 5 rings (SSSR count). The summed E-state index contributed by atoms with van der Waals surface area (Å²) in [5.74, 6) is 0. The average Bonchev–Trinajstić information content (AvgIpc) is 3.22. The number of ether oxygens (including phenoxy) is 3. The normalized spacial score (nSPS) is 68.4. The van der Waals surface area contributed by atoms with E-state index >= 15 is 0 Å². The Morgan fingerprint density at radius 3 is 2.74 bits per heavy atom. The van der Waals surface area contributed by atoms with Crippen molar-refractivity contribution in [1.82, 2.24) is 0 Å². The van der Waals surface area contributed by atoms with Gasteiger partial charge in [0.1, 0.15) is 11.7 Å². The lowest BCUT2D eigenvalue weighted by Gasteiger charge is -2.56. The van der Waals surface area contributed by atoms with Gasteiger partial charge in [-0.2, -0.15) is 0 Å². The van der Waals surface area contributed by atoms with Gasteiger partial charge in [-0.25, -0.2) is 0 Å². The van der Waals surface area contributed by atoms with E-state index in [0.29, 0.717) is 13.0 Å². The van der Waals surface area contributed by atoms with Crippen LogP contribution in [-0.4, -0.2) is 47.8 Å². The molecule has 0 radical (unpaired) electrons. The quantitative estimate of drug-likeness (QED) is 0.524.